The van der Waals surface area contributed by atoms with Gasteiger partial charge in [0.2, 0.25) is 0 Å². The molecule has 1 atom stereocenters. The molecule has 0 saturated carbocycles. The van der Waals surface area contributed by atoms with E-state index in [4.69, 9.17) is 0 Å². The number of hydrogen-bond donors (Lipinski definition) is 0. The van der Waals surface area contributed by atoms with Crippen LogP contribution in [-0.2, 0) is 0 Å². The maximum atomic E-state index is 3.36. The van der Waals surface area contributed by atoms with Crippen LogP contribution >= 0.6 is 11.8 Å². The molecule has 0 aromatic carbocycles. The summed E-state index contributed by atoms with van der Waals surface area (Å²) in [6.07, 6.45) is 7.11. The van der Waals surface area contributed by atoms with Crippen molar-refractivity contribution in [2.75, 3.05) is 5.75 Å². The second-order valence-corrected chi connectivity index (χ2v) is 3.51. The van der Waals surface area contributed by atoms with E-state index in [-0.39, 0.29) is 0 Å². The van der Waals surface area contributed by atoms with E-state index in [9.17, 15) is 0 Å². The summed E-state index contributed by atoms with van der Waals surface area (Å²) in [7, 11) is 0. The minimum absolute atomic E-state index is 0.892. The summed E-state index contributed by atoms with van der Waals surface area (Å²) in [5.41, 5.74) is 0. The molecule has 8 heavy (non-hydrogen) atoms. The molecule has 0 amide bonds. The van der Waals surface area contributed by atoms with E-state index >= 15 is 0 Å². The van der Waals surface area contributed by atoms with Crippen LogP contribution in [-0.4, -0.2) is 11.0 Å². The van der Waals surface area contributed by atoms with Crippen molar-refractivity contribution in [1.82, 2.24) is 0 Å². The van der Waals surface area contributed by atoms with Gasteiger partial charge in [-0.1, -0.05) is 6.92 Å². The predicted octanol–water partition coefficient (Wildman–Crippen LogP) is 2.37. The maximum Gasteiger partial charge on any atom is 0.00501 e. The van der Waals surface area contributed by atoms with Gasteiger partial charge in [-0.05, 0) is 31.4 Å². The quantitative estimate of drug-likeness (QED) is 0.522. The fraction of sp³-hybridized carbons (Fsp3) is 0.857. The topological polar surface area (TPSA) is 0 Å². The third kappa shape index (κ3) is 1.70. The SMILES string of the molecule is CCC1C[C]CCS1. The summed E-state index contributed by atoms with van der Waals surface area (Å²) in [6.45, 7) is 2.25. The zero-order chi connectivity index (χ0) is 5.82. The van der Waals surface area contributed by atoms with E-state index in [0.717, 1.165) is 5.25 Å². The molecule has 0 N–H and O–H groups in total. The van der Waals surface area contributed by atoms with Crippen molar-refractivity contribution in [1.29, 1.82) is 0 Å². The molecule has 0 nitrogen and oxygen atoms in total. The van der Waals surface area contributed by atoms with Gasteiger partial charge in [0.15, 0.2) is 0 Å². The lowest BCUT2D eigenvalue weighted by Gasteiger charge is -2.18. The molecule has 1 rings (SSSR count). The fourth-order valence-electron chi connectivity index (χ4n) is 0.882. The highest BCUT2D eigenvalue weighted by molar-refractivity contribution is 7.99. The molecular formula is C7H12S. The molecule has 1 heteroatoms. The zero-order valence-corrected chi connectivity index (χ0v) is 6.13. The van der Waals surface area contributed by atoms with E-state index in [1.165, 1.54) is 25.0 Å². The van der Waals surface area contributed by atoms with Crippen LogP contribution in [0.1, 0.15) is 26.2 Å². The lowest BCUT2D eigenvalue weighted by atomic mass is 10.1. The minimum atomic E-state index is 0.892. The van der Waals surface area contributed by atoms with Gasteiger partial charge in [-0.2, -0.15) is 11.8 Å². The Morgan fingerprint density at radius 2 is 2.62 bits per heavy atom. The molecule has 0 aromatic rings. The third-order valence-electron chi connectivity index (χ3n) is 1.46. The van der Waals surface area contributed by atoms with Gasteiger partial charge in [-0.3, -0.25) is 0 Å². The Morgan fingerprint density at radius 1 is 1.75 bits per heavy atom. The molecule has 1 fully saturated rings. The lowest BCUT2D eigenvalue weighted by molar-refractivity contribution is 0.761. The molecular weight excluding hydrogens is 116 g/mol. The Labute approximate surface area is 56.0 Å². The molecule has 1 unspecified atom stereocenters. The van der Waals surface area contributed by atoms with Crippen molar-refractivity contribution in [3.63, 3.8) is 0 Å². The van der Waals surface area contributed by atoms with Crippen molar-refractivity contribution >= 4 is 11.8 Å². The first-order chi connectivity index (χ1) is 3.93. The minimum Gasteiger partial charge on any atom is -0.159 e. The first-order valence-electron chi connectivity index (χ1n) is 3.26. The van der Waals surface area contributed by atoms with E-state index < -0.39 is 0 Å². The number of thioether (sulfide) groups is 1. The highest BCUT2D eigenvalue weighted by Gasteiger charge is 2.10. The van der Waals surface area contributed by atoms with E-state index in [1.54, 1.807) is 0 Å². The molecule has 1 aliphatic heterocycles. The van der Waals surface area contributed by atoms with Crippen LogP contribution in [0.15, 0.2) is 0 Å². The second kappa shape index (κ2) is 3.39. The van der Waals surface area contributed by atoms with Crippen LogP contribution in [0.25, 0.3) is 0 Å². The zero-order valence-electron chi connectivity index (χ0n) is 5.31. The van der Waals surface area contributed by atoms with Crippen LogP contribution in [0.5, 0.6) is 0 Å². The van der Waals surface area contributed by atoms with Gasteiger partial charge in [0.25, 0.3) is 0 Å². The Kier molecular flexibility index (Phi) is 2.74. The Bertz CT molecular complexity index is 55.4. The van der Waals surface area contributed by atoms with Gasteiger partial charge < -0.3 is 0 Å². The molecule has 0 bridgehead atoms. The molecule has 0 aliphatic carbocycles. The number of rotatable bonds is 1. The second-order valence-electron chi connectivity index (χ2n) is 2.11. The molecule has 2 radical (unpaired) electrons. The summed E-state index contributed by atoms with van der Waals surface area (Å²) in [4.78, 5) is 0. The third-order valence-corrected chi connectivity index (χ3v) is 2.87. The molecule has 1 saturated heterocycles. The Morgan fingerprint density at radius 3 is 3.00 bits per heavy atom. The highest BCUT2D eigenvalue weighted by Crippen LogP contribution is 2.25. The Hall–Kier alpha value is 0.350. The monoisotopic (exact) mass is 128 g/mol. The van der Waals surface area contributed by atoms with Gasteiger partial charge in [0.1, 0.15) is 0 Å². The summed E-state index contributed by atoms with van der Waals surface area (Å²) in [5, 5.41) is 0.892. The summed E-state index contributed by atoms with van der Waals surface area (Å²) in [6, 6.07) is 0. The first-order valence-corrected chi connectivity index (χ1v) is 4.30. The number of hydrogen-bond acceptors (Lipinski definition) is 1. The van der Waals surface area contributed by atoms with Crippen molar-refractivity contribution < 1.29 is 0 Å². The van der Waals surface area contributed by atoms with Gasteiger partial charge in [0, 0.05) is 5.25 Å². The average molecular weight is 128 g/mol. The van der Waals surface area contributed by atoms with Crippen LogP contribution < -0.4 is 0 Å². The van der Waals surface area contributed by atoms with E-state index in [1.807, 2.05) is 0 Å². The lowest BCUT2D eigenvalue weighted by Crippen LogP contribution is -2.07. The summed E-state index contributed by atoms with van der Waals surface area (Å²) < 4.78 is 0. The van der Waals surface area contributed by atoms with E-state index in [0.29, 0.717) is 0 Å². The van der Waals surface area contributed by atoms with Crippen molar-refractivity contribution in [3.8, 4) is 0 Å². The average Bonchev–Trinajstić information content (AvgIpc) is 1.90. The largest absolute Gasteiger partial charge is 0.159 e. The van der Waals surface area contributed by atoms with Crippen LogP contribution in [0.4, 0.5) is 0 Å². The normalized spacial score (nSPS) is 30.4. The predicted molar refractivity (Wildman–Crippen MR) is 39.0 cm³/mol. The van der Waals surface area contributed by atoms with Crippen molar-refractivity contribution in [2.24, 2.45) is 0 Å². The van der Waals surface area contributed by atoms with Crippen molar-refractivity contribution in [3.05, 3.63) is 6.42 Å². The fourth-order valence-corrected chi connectivity index (χ4v) is 1.95. The van der Waals surface area contributed by atoms with Gasteiger partial charge >= 0.3 is 0 Å². The molecule has 0 spiro atoms. The first kappa shape index (κ1) is 6.47. The molecule has 1 heterocycles. The van der Waals surface area contributed by atoms with Gasteiger partial charge in [-0.15, -0.1) is 0 Å². The van der Waals surface area contributed by atoms with Crippen LogP contribution in [0, 0.1) is 6.42 Å². The molecule has 46 valence electrons. The molecule has 1 aliphatic rings. The van der Waals surface area contributed by atoms with E-state index in [2.05, 4.69) is 25.1 Å². The van der Waals surface area contributed by atoms with Gasteiger partial charge in [-0.25, -0.2) is 0 Å². The summed E-state index contributed by atoms with van der Waals surface area (Å²) >= 11 is 2.10. The van der Waals surface area contributed by atoms with Crippen LogP contribution in [0.2, 0.25) is 0 Å². The molecule has 0 aromatic heterocycles. The standard InChI is InChI=1S/C7H12S/c1-2-7-5-3-4-6-8-7/h7H,2,4-6H2,1H3. The van der Waals surface area contributed by atoms with Crippen molar-refractivity contribution in [2.45, 2.75) is 31.4 Å². The smallest absolute Gasteiger partial charge is 0.00501 e. The van der Waals surface area contributed by atoms with Crippen LogP contribution in [0.3, 0.4) is 0 Å². The highest BCUT2D eigenvalue weighted by atomic mass is 32.2. The summed E-state index contributed by atoms with van der Waals surface area (Å²) in [5.74, 6) is 1.30. The maximum absolute atomic E-state index is 3.36. The van der Waals surface area contributed by atoms with Gasteiger partial charge in [0.05, 0.1) is 0 Å². The Balaban J connectivity index is 2.13.